The van der Waals surface area contributed by atoms with Gasteiger partial charge in [0.2, 0.25) is 0 Å². The van der Waals surface area contributed by atoms with Gasteiger partial charge in [-0.25, -0.2) is 0 Å². The average molecular weight is 1040 g/mol. The van der Waals surface area contributed by atoms with Gasteiger partial charge in [-0.15, -0.1) is 0 Å². The largest absolute Gasteiger partial charge is 0.462 e. The molecular formula is C69H116O6. The van der Waals surface area contributed by atoms with E-state index < -0.39 is 6.10 Å². The summed E-state index contributed by atoms with van der Waals surface area (Å²) in [7, 11) is 0. The second kappa shape index (κ2) is 62.6. The maximum absolute atomic E-state index is 12.9. The van der Waals surface area contributed by atoms with Crippen LogP contribution >= 0.6 is 0 Å². The molecule has 0 aliphatic heterocycles. The molecule has 0 aliphatic carbocycles. The second-order valence-corrected chi connectivity index (χ2v) is 20.6. The number of allylic oxidation sites excluding steroid dienone is 18. The van der Waals surface area contributed by atoms with Gasteiger partial charge in [-0.05, 0) is 109 Å². The van der Waals surface area contributed by atoms with E-state index in [1.54, 1.807) is 0 Å². The summed E-state index contributed by atoms with van der Waals surface area (Å²) in [5, 5.41) is 0. The van der Waals surface area contributed by atoms with E-state index in [-0.39, 0.29) is 31.1 Å². The molecule has 0 saturated heterocycles. The van der Waals surface area contributed by atoms with Crippen molar-refractivity contribution < 1.29 is 28.6 Å². The lowest BCUT2D eigenvalue weighted by atomic mass is 10.0. The van der Waals surface area contributed by atoms with E-state index in [0.29, 0.717) is 19.3 Å². The minimum Gasteiger partial charge on any atom is -0.462 e. The van der Waals surface area contributed by atoms with Crippen LogP contribution in [0.3, 0.4) is 0 Å². The normalized spacial score (nSPS) is 12.8. The Labute approximate surface area is 463 Å². The number of rotatable bonds is 56. The lowest BCUT2D eigenvalue weighted by Crippen LogP contribution is -2.30. The molecule has 6 heteroatoms. The first-order valence-corrected chi connectivity index (χ1v) is 31.4. The molecule has 0 aromatic carbocycles. The minimum atomic E-state index is -0.796. The molecule has 0 aromatic rings. The van der Waals surface area contributed by atoms with E-state index in [1.165, 1.54) is 141 Å². The quantitative estimate of drug-likeness (QED) is 0.0261. The van der Waals surface area contributed by atoms with E-state index in [9.17, 15) is 14.4 Å². The van der Waals surface area contributed by atoms with Crippen molar-refractivity contribution >= 4 is 17.9 Å². The summed E-state index contributed by atoms with van der Waals surface area (Å²) in [6.45, 7) is 6.46. The molecule has 6 nitrogen and oxygen atoms in total. The van der Waals surface area contributed by atoms with E-state index in [2.05, 4.69) is 130 Å². The predicted octanol–water partition coefficient (Wildman–Crippen LogP) is 21.4. The fourth-order valence-electron chi connectivity index (χ4n) is 8.57. The van der Waals surface area contributed by atoms with Crippen LogP contribution < -0.4 is 0 Å². The zero-order chi connectivity index (χ0) is 54.3. The number of carbonyl (C=O) groups excluding carboxylic acids is 3. The van der Waals surface area contributed by atoms with Gasteiger partial charge in [0.1, 0.15) is 13.2 Å². The van der Waals surface area contributed by atoms with Crippen molar-refractivity contribution in [2.24, 2.45) is 0 Å². The van der Waals surface area contributed by atoms with Gasteiger partial charge >= 0.3 is 17.9 Å². The fourth-order valence-corrected chi connectivity index (χ4v) is 8.57. The third-order valence-electron chi connectivity index (χ3n) is 13.3. The van der Waals surface area contributed by atoms with Gasteiger partial charge in [-0.2, -0.15) is 0 Å². The van der Waals surface area contributed by atoms with Gasteiger partial charge in [0, 0.05) is 19.3 Å². The average Bonchev–Trinajstić information content (AvgIpc) is 3.41. The first-order chi connectivity index (χ1) is 37.0. The SMILES string of the molecule is CC/C=C\C/C=C\C/C=C\C/C=C\C/C=C\C/C=C\C/C=C\C/C=C\CCCCC(=O)OCC(COC(=O)CCCCCCCCC)OC(=O)CCCCCCCCCCCCC/C=C\CCCCCCCCCC. The Bertz CT molecular complexity index is 1520. The molecule has 0 fully saturated rings. The smallest absolute Gasteiger partial charge is 0.306 e. The number of hydrogen-bond donors (Lipinski definition) is 0. The molecule has 1 unspecified atom stereocenters. The number of unbranched alkanes of at least 4 members (excludes halogenated alkanes) is 27. The zero-order valence-corrected chi connectivity index (χ0v) is 49.0. The number of esters is 3. The van der Waals surface area contributed by atoms with E-state index >= 15 is 0 Å². The molecule has 0 radical (unpaired) electrons. The van der Waals surface area contributed by atoms with E-state index in [0.717, 1.165) is 109 Å². The molecule has 1 atom stereocenters. The zero-order valence-electron chi connectivity index (χ0n) is 49.0. The maximum Gasteiger partial charge on any atom is 0.306 e. The van der Waals surface area contributed by atoms with Crippen molar-refractivity contribution in [3.05, 3.63) is 109 Å². The first kappa shape index (κ1) is 71.1. The van der Waals surface area contributed by atoms with Crippen molar-refractivity contribution in [1.82, 2.24) is 0 Å². The molecule has 0 spiro atoms. The van der Waals surface area contributed by atoms with Gasteiger partial charge in [0.05, 0.1) is 0 Å². The topological polar surface area (TPSA) is 78.9 Å². The molecule has 0 N–H and O–H groups in total. The van der Waals surface area contributed by atoms with Crippen molar-refractivity contribution in [3.63, 3.8) is 0 Å². The molecule has 428 valence electrons. The van der Waals surface area contributed by atoms with Crippen LogP contribution in [-0.4, -0.2) is 37.2 Å². The Balaban J connectivity index is 4.25. The van der Waals surface area contributed by atoms with Crippen LogP contribution in [0.5, 0.6) is 0 Å². The Morgan fingerprint density at radius 3 is 0.853 bits per heavy atom. The number of carbonyl (C=O) groups is 3. The molecule has 0 aliphatic rings. The van der Waals surface area contributed by atoms with Gasteiger partial charge in [-0.1, -0.05) is 271 Å². The monoisotopic (exact) mass is 1040 g/mol. The Kier molecular flexibility index (Phi) is 59.3. The summed E-state index contributed by atoms with van der Waals surface area (Å²) in [4.78, 5) is 38.0. The highest BCUT2D eigenvalue weighted by atomic mass is 16.6. The lowest BCUT2D eigenvalue weighted by Gasteiger charge is -2.18. The van der Waals surface area contributed by atoms with Crippen molar-refractivity contribution in [1.29, 1.82) is 0 Å². The Morgan fingerprint density at radius 1 is 0.280 bits per heavy atom. The summed E-state index contributed by atoms with van der Waals surface area (Å²) in [5.74, 6) is -0.941. The maximum atomic E-state index is 12.9. The number of hydrogen-bond acceptors (Lipinski definition) is 6. The molecule has 75 heavy (non-hydrogen) atoms. The molecule has 0 saturated carbocycles. The summed E-state index contributed by atoms with van der Waals surface area (Å²) < 4.78 is 16.8. The molecule has 0 rings (SSSR count). The lowest BCUT2D eigenvalue weighted by molar-refractivity contribution is -0.167. The van der Waals surface area contributed by atoms with Gasteiger partial charge in [0.25, 0.3) is 0 Å². The van der Waals surface area contributed by atoms with Crippen molar-refractivity contribution in [2.45, 2.75) is 297 Å². The highest BCUT2D eigenvalue weighted by Crippen LogP contribution is 2.15. The summed E-state index contributed by atoms with van der Waals surface area (Å²) >= 11 is 0. The Hall–Kier alpha value is -3.93. The highest BCUT2D eigenvalue weighted by molar-refractivity contribution is 5.71. The third kappa shape index (κ3) is 60.8. The van der Waals surface area contributed by atoms with Crippen LogP contribution in [0.2, 0.25) is 0 Å². The molecular weight excluding hydrogens is 925 g/mol. The van der Waals surface area contributed by atoms with Crippen LogP contribution in [-0.2, 0) is 28.6 Å². The molecule has 0 heterocycles. The van der Waals surface area contributed by atoms with Gasteiger partial charge in [0.15, 0.2) is 6.10 Å². The first-order valence-electron chi connectivity index (χ1n) is 31.4. The standard InChI is InChI=1S/C69H116O6/c1-4-7-10-13-16-18-20-22-24-26-28-30-32-33-34-35-37-38-40-42-44-46-48-50-53-56-59-62-68(71)74-65-66(64-73-67(70)61-58-55-52-15-12-9-6-3)75-69(72)63-60-57-54-51-49-47-45-43-41-39-36-31-29-27-25-23-21-19-17-14-11-8-5-2/h7,10,16,18,22,24,27-30,33-34,37-38,42,44,48,50,66H,4-6,8-9,11-15,17,19-21,23,25-26,31-32,35-36,39-41,43,45-47,49,51-65H2,1-3H3/b10-7-,18-16-,24-22-,29-27-,30-28-,34-33-,38-37-,44-42-,50-48-. The van der Waals surface area contributed by atoms with E-state index in [4.69, 9.17) is 14.2 Å². The Morgan fingerprint density at radius 2 is 0.520 bits per heavy atom. The van der Waals surface area contributed by atoms with Crippen LogP contribution in [0.1, 0.15) is 290 Å². The minimum absolute atomic E-state index is 0.0918. The fraction of sp³-hybridized carbons (Fsp3) is 0.696. The van der Waals surface area contributed by atoms with Gasteiger partial charge < -0.3 is 14.2 Å². The summed E-state index contributed by atoms with van der Waals surface area (Å²) in [6, 6.07) is 0. The van der Waals surface area contributed by atoms with Crippen molar-refractivity contribution in [3.8, 4) is 0 Å². The highest BCUT2D eigenvalue weighted by Gasteiger charge is 2.19. The van der Waals surface area contributed by atoms with Crippen LogP contribution in [0.15, 0.2) is 109 Å². The second-order valence-electron chi connectivity index (χ2n) is 20.6. The molecule has 0 amide bonds. The van der Waals surface area contributed by atoms with Crippen LogP contribution in [0.25, 0.3) is 0 Å². The molecule has 0 bridgehead atoms. The predicted molar refractivity (Wildman–Crippen MR) is 325 cm³/mol. The molecule has 0 aromatic heterocycles. The third-order valence-corrected chi connectivity index (χ3v) is 13.3. The summed E-state index contributed by atoms with van der Waals surface area (Å²) in [5.41, 5.74) is 0. The van der Waals surface area contributed by atoms with Crippen molar-refractivity contribution in [2.75, 3.05) is 13.2 Å². The number of ether oxygens (including phenoxy) is 3. The van der Waals surface area contributed by atoms with Crippen LogP contribution in [0.4, 0.5) is 0 Å². The van der Waals surface area contributed by atoms with Crippen LogP contribution in [0, 0.1) is 0 Å². The summed E-state index contributed by atoms with van der Waals surface area (Å²) in [6.07, 6.45) is 85.5. The van der Waals surface area contributed by atoms with Gasteiger partial charge in [-0.3, -0.25) is 14.4 Å². The van der Waals surface area contributed by atoms with E-state index in [1.807, 2.05) is 0 Å².